The average molecular weight is 256 g/mol. The van der Waals surface area contributed by atoms with Gasteiger partial charge in [0.05, 0.1) is 12.5 Å². The molecule has 94 valence electrons. The number of aliphatic hydroxyl groups is 1. The van der Waals surface area contributed by atoms with Crippen LogP contribution in [-0.4, -0.2) is 17.3 Å². The molecule has 0 spiro atoms. The smallest absolute Gasteiger partial charge is 0.138 e. The molecule has 0 heterocycles. The predicted octanol–water partition coefficient (Wildman–Crippen LogP) is 3.54. The van der Waals surface area contributed by atoms with Gasteiger partial charge in [0.15, 0.2) is 0 Å². The summed E-state index contributed by atoms with van der Waals surface area (Å²) < 4.78 is 13.5. The van der Waals surface area contributed by atoms with Crippen LogP contribution in [0.4, 0.5) is 0 Å². The molecule has 2 rings (SSSR count). The Morgan fingerprint density at radius 3 is 2.53 bits per heavy atom. The molecule has 2 nitrogen and oxygen atoms in total. The second-order valence-corrected chi connectivity index (χ2v) is 6.01. The van der Waals surface area contributed by atoms with Crippen LogP contribution in [0.3, 0.4) is 0 Å². The van der Waals surface area contributed by atoms with Crippen molar-refractivity contribution in [3.8, 4) is 5.75 Å². The van der Waals surface area contributed by atoms with Crippen LogP contribution < -0.4 is 4.74 Å². The van der Waals surface area contributed by atoms with Crippen LogP contribution in [0.2, 0.25) is 5.02 Å². The fourth-order valence-corrected chi connectivity index (χ4v) is 1.97. The molecule has 0 aromatic heterocycles. The highest BCUT2D eigenvalue weighted by Gasteiger charge is 2.29. The van der Waals surface area contributed by atoms with Crippen LogP contribution >= 0.6 is 11.6 Å². The molecule has 0 amide bonds. The van der Waals surface area contributed by atoms with Crippen molar-refractivity contribution in [1.29, 1.82) is 0 Å². The third-order valence-electron chi connectivity index (χ3n) is 2.98. The molecule has 0 radical (unpaired) electrons. The van der Waals surface area contributed by atoms with Crippen LogP contribution in [0.15, 0.2) is 18.2 Å². The van der Waals surface area contributed by atoms with Gasteiger partial charge in [-0.3, -0.25) is 0 Å². The van der Waals surface area contributed by atoms with Gasteiger partial charge in [-0.05, 0) is 23.1 Å². The first-order valence-electron chi connectivity index (χ1n) is 6.37. The van der Waals surface area contributed by atoms with E-state index in [1.807, 2.05) is 18.2 Å². The van der Waals surface area contributed by atoms with Gasteiger partial charge in [0, 0.05) is 12.8 Å². The summed E-state index contributed by atoms with van der Waals surface area (Å²) >= 11 is 6.19. The monoisotopic (exact) mass is 255 g/mol. The molecule has 1 aliphatic rings. The van der Waals surface area contributed by atoms with Crippen molar-refractivity contribution < 1.29 is 11.2 Å². The maximum Gasteiger partial charge on any atom is 0.138 e. The molecular weight excluding hydrogens is 236 g/mol. The molecule has 1 aromatic carbocycles. The molecule has 3 heteroatoms. The Bertz CT molecular complexity index is 448. The van der Waals surface area contributed by atoms with E-state index in [0.29, 0.717) is 23.6 Å². The van der Waals surface area contributed by atoms with E-state index < -0.39 is 12.2 Å². The van der Waals surface area contributed by atoms with E-state index in [4.69, 9.17) is 17.7 Å². The van der Waals surface area contributed by atoms with E-state index in [9.17, 15) is 5.11 Å². The van der Waals surface area contributed by atoms with Crippen molar-refractivity contribution in [3.63, 3.8) is 0 Å². The van der Waals surface area contributed by atoms with E-state index in [1.54, 1.807) is 0 Å². The van der Waals surface area contributed by atoms with Gasteiger partial charge in [-0.1, -0.05) is 38.4 Å². The highest BCUT2D eigenvalue weighted by Crippen LogP contribution is 2.34. The Kier molecular flexibility index (Phi) is 3.01. The number of hydrogen-bond donors (Lipinski definition) is 1. The van der Waals surface area contributed by atoms with Gasteiger partial charge >= 0.3 is 0 Å². The average Bonchev–Trinajstić information content (AvgIpc) is 2.17. The van der Waals surface area contributed by atoms with Crippen LogP contribution in [0.1, 0.15) is 40.5 Å². The van der Waals surface area contributed by atoms with Crippen molar-refractivity contribution in [2.24, 2.45) is 0 Å². The highest BCUT2D eigenvalue weighted by atomic mass is 35.5. The lowest BCUT2D eigenvalue weighted by molar-refractivity contribution is -0.0107. The fraction of sp³-hybridized carbons (Fsp3) is 0.571. The third-order valence-corrected chi connectivity index (χ3v) is 3.27. The molecule has 17 heavy (non-hydrogen) atoms. The highest BCUT2D eigenvalue weighted by molar-refractivity contribution is 6.32. The van der Waals surface area contributed by atoms with Gasteiger partial charge in [0.1, 0.15) is 11.8 Å². The molecule has 1 fully saturated rings. The Morgan fingerprint density at radius 2 is 2.06 bits per heavy atom. The maximum absolute atomic E-state index is 9.25. The summed E-state index contributed by atoms with van der Waals surface area (Å²) in [5, 5.41) is 9.77. The molecule has 0 unspecified atom stereocenters. The lowest BCUT2D eigenvalue weighted by Crippen LogP contribution is -2.37. The van der Waals surface area contributed by atoms with E-state index >= 15 is 0 Å². The Balaban J connectivity index is 2.16. The summed E-state index contributed by atoms with van der Waals surface area (Å²) in [7, 11) is 0. The minimum absolute atomic E-state index is 0.0352. The molecular formula is C14H19ClO2. The first-order valence-corrected chi connectivity index (χ1v) is 6.25. The summed E-state index contributed by atoms with van der Waals surface area (Å²) in [5.74, 6) is 0.520. The first kappa shape index (κ1) is 11.4. The summed E-state index contributed by atoms with van der Waals surface area (Å²) in [5.41, 5.74) is 1.17. The van der Waals surface area contributed by atoms with Gasteiger partial charge in [-0.2, -0.15) is 0 Å². The zero-order chi connectivity index (χ0) is 13.6. The normalized spacial score (nSPS) is 29.5. The lowest BCUT2D eigenvalue weighted by Gasteiger charge is -2.32. The fourth-order valence-electron chi connectivity index (χ4n) is 1.75. The number of benzene rings is 1. The van der Waals surface area contributed by atoms with Crippen molar-refractivity contribution >= 4 is 11.6 Å². The molecule has 1 N–H and O–H groups in total. The van der Waals surface area contributed by atoms with Crippen LogP contribution in [-0.2, 0) is 5.41 Å². The van der Waals surface area contributed by atoms with Gasteiger partial charge in [-0.15, -0.1) is 0 Å². The molecule has 1 aliphatic carbocycles. The maximum atomic E-state index is 9.25. The van der Waals surface area contributed by atoms with Gasteiger partial charge in [-0.25, -0.2) is 0 Å². The molecule has 0 atom stereocenters. The zero-order valence-electron chi connectivity index (χ0n) is 11.5. The lowest BCUT2D eigenvalue weighted by atomic mass is 9.87. The first-order chi connectivity index (χ1) is 8.20. The summed E-state index contributed by atoms with van der Waals surface area (Å²) in [6.07, 6.45) is -0.767. The molecule has 0 aliphatic heterocycles. The van der Waals surface area contributed by atoms with Gasteiger partial charge in [0.25, 0.3) is 0 Å². The van der Waals surface area contributed by atoms with Crippen molar-refractivity contribution in [1.82, 2.24) is 0 Å². The van der Waals surface area contributed by atoms with Gasteiger partial charge < -0.3 is 9.84 Å². The summed E-state index contributed by atoms with van der Waals surface area (Å²) in [4.78, 5) is 0. The molecule has 1 aromatic rings. The molecule has 1 saturated carbocycles. The predicted molar refractivity (Wildman–Crippen MR) is 69.8 cm³/mol. The SMILES string of the molecule is [2H]C1(Oc2ccc(C(C)(C)C)cc2Cl)CC(O)C1. The second-order valence-electron chi connectivity index (χ2n) is 5.60. The van der Waals surface area contributed by atoms with Crippen molar-refractivity contribution in [3.05, 3.63) is 28.8 Å². The topological polar surface area (TPSA) is 29.5 Å². The number of halogens is 1. The van der Waals surface area contributed by atoms with Crippen LogP contribution in [0.5, 0.6) is 5.75 Å². The van der Waals surface area contributed by atoms with Crippen LogP contribution in [0.25, 0.3) is 0 Å². The summed E-state index contributed by atoms with van der Waals surface area (Å²) in [6.45, 7) is 6.36. The number of hydrogen-bond acceptors (Lipinski definition) is 2. The Labute approximate surface area is 109 Å². The number of rotatable bonds is 2. The van der Waals surface area contributed by atoms with Crippen LogP contribution in [0, 0.1) is 0 Å². The van der Waals surface area contributed by atoms with E-state index in [-0.39, 0.29) is 5.41 Å². The van der Waals surface area contributed by atoms with E-state index in [1.165, 1.54) is 0 Å². The minimum atomic E-state index is -1.02. The van der Waals surface area contributed by atoms with E-state index in [0.717, 1.165) is 5.56 Å². The molecule has 0 saturated heterocycles. The van der Waals surface area contributed by atoms with E-state index in [2.05, 4.69) is 20.8 Å². The van der Waals surface area contributed by atoms with Crippen molar-refractivity contribution in [2.45, 2.75) is 51.2 Å². The molecule has 0 bridgehead atoms. The van der Waals surface area contributed by atoms with Crippen molar-refractivity contribution in [2.75, 3.05) is 0 Å². The quantitative estimate of drug-likeness (QED) is 0.876. The standard InChI is InChI=1S/C14H19ClO2/c1-14(2,3)9-4-5-13(12(15)6-9)17-11-7-10(16)8-11/h4-6,10-11,16H,7-8H2,1-3H3/i11D. The number of aliphatic hydroxyl groups excluding tert-OH is 1. The number of ether oxygens (including phenoxy) is 1. The Morgan fingerprint density at radius 1 is 1.41 bits per heavy atom. The largest absolute Gasteiger partial charge is 0.489 e. The second kappa shape index (κ2) is 4.51. The Hall–Kier alpha value is -0.730. The summed E-state index contributed by atoms with van der Waals surface area (Å²) in [6, 6.07) is 5.67. The minimum Gasteiger partial charge on any atom is -0.489 e. The zero-order valence-corrected chi connectivity index (χ0v) is 11.2. The third kappa shape index (κ3) is 2.93. The van der Waals surface area contributed by atoms with Gasteiger partial charge in [0.2, 0.25) is 0 Å².